The molecule has 1 amide bonds. The maximum atomic E-state index is 12.5. The van der Waals surface area contributed by atoms with Gasteiger partial charge in [0.25, 0.3) is 0 Å². The molecule has 3 fully saturated rings. The van der Waals surface area contributed by atoms with Crippen LogP contribution in [-0.2, 0) is 4.79 Å². The molecule has 1 aliphatic heterocycles. The van der Waals surface area contributed by atoms with Gasteiger partial charge in [-0.1, -0.05) is 6.07 Å². The highest BCUT2D eigenvalue weighted by molar-refractivity contribution is 5.95. The molecule has 1 aromatic rings. The van der Waals surface area contributed by atoms with Gasteiger partial charge in [-0.2, -0.15) is 0 Å². The predicted molar refractivity (Wildman–Crippen MR) is 90.6 cm³/mol. The average molecular weight is 314 g/mol. The highest BCUT2D eigenvalue weighted by Crippen LogP contribution is 2.58. The topological polar surface area (TPSA) is 50.4 Å². The Labute approximate surface area is 138 Å². The molecule has 0 aromatic heterocycles. The fourth-order valence-corrected chi connectivity index (χ4v) is 4.27. The van der Waals surface area contributed by atoms with Crippen molar-refractivity contribution in [3.63, 3.8) is 0 Å². The van der Waals surface area contributed by atoms with Crippen molar-refractivity contribution in [1.29, 1.82) is 0 Å². The predicted octanol–water partition coefficient (Wildman–Crippen LogP) is 3.34. The fraction of sp³-hybridized carbons (Fsp3) is 0.632. The van der Waals surface area contributed by atoms with Crippen LogP contribution in [0.15, 0.2) is 24.3 Å². The third-order valence-electron chi connectivity index (χ3n) is 5.81. The Morgan fingerprint density at radius 2 is 2.00 bits per heavy atom. The molecule has 2 saturated carbocycles. The minimum absolute atomic E-state index is 0.185. The van der Waals surface area contributed by atoms with Crippen molar-refractivity contribution >= 4 is 11.6 Å². The Morgan fingerprint density at radius 3 is 2.78 bits per heavy atom. The number of nitrogens with one attached hydrogen (secondary N) is 2. The van der Waals surface area contributed by atoms with Crippen LogP contribution in [0.3, 0.4) is 0 Å². The number of benzene rings is 1. The van der Waals surface area contributed by atoms with Gasteiger partial charge in [-0.05, 0) is 75.6 Å². The second kappa shape index (κ2) is 6.16. The van der Waals surface area contributed by atoms with Crippen LogP contribution < -0.4 is 15.4 Å². The van der Waals surface area contributed by atoms with Crippen molar-refractivity contribution in [1.82, 2.24) is 5.32 Å². The number of carbonyl (C=O) groups is 1. The minimum Gasteiger partial charge on any atom is -0.490 e. The Morgan fingerprint density at radius 1 is 1.22 bits per heavy atom. The monoisotopic (exact) mass is 314 g/mol. The molecule has 0 bridgehead atoms. The van der Waals surface area contributed by atoms with E-state index in [2.05, 4.69) is 10.6 Å². The van der Waals surface area contributed by atoms with Crippen LogP contribution >= 0.6 is 0 Å². The molecule has 2 N–H and O–H groups in total. The molecule has 23 heavy (non-hydrogen) atoms. The molecule has 1 saturated heterocycles. The van der Waals surface area contributed by atoms with E-state index in [1.165, 1.54) is 12.8 Å². The molecule has 0 radical (unpaired) electrons. The highest BCUT2D eigenvalue weighted by Gasteiger charge is 2.57. The number of hydrogen-bond donors (Lipinski definition) is 2. The average Bonchev–Trinajstić information content (AvgIpc) is 3.00. The number of anilines is 1. The molecule has 1 heterocycles. The van der Waals surface area contributed by atoms with Crippen molar-refractivity contribution in [2.24, 2.45) is 11.3 Å². The SMILES string of the molecule is O=C(Nc1cccc(OC2CCCC2)c1)C1CC12CCNCC2. The van der Waals surface area contributed by atoms with E-state index in [4.69, 9.17) is 4.74 Å². The summed E-state index contributed by atoms with van der Waals surface area (Å²) in [6, 6.07) is 7.87. The minimum atomic E-state index is 0.185. The van der Waals surface area contributed by atoms with Crippen molar-refractivity contribution in [3.05, 3.63) is 24.3 Å². The summed E-state index contributed by atoms with van der Waals surface area (Å²) >= 11 is 0. The van der Waals surface area contributed by atoms with E-state index in [0.717, 1.165) is 56.6 Å². The van der Waals surface area contributed by atoms with E-state index in [9.17, 15) is 4.79 Å². The molecule has 3 aliphatic rings. The summed E-state index contributed by atoms with van der Waals surface area (Å²) in [6.07, 6.45) is 8.50. The van der Waals surface area contributed by atoms with Crippen molar-refractivity contribution in [2.75, 3.05) is 18.4 Å². The van der Waals surface area contributed by atoms with Gasteiger partial charge in [0.05, 0.1) is 6.10 Å². The Hall–Kier alpha value is -1.55. The second-order valence-electron chi connectivity index (χ2n) is 7.41. The molecule has 4 nitrogen and oxygen atoms in total. The first-order chi connectivity index (χ1) is 11.3. The normalized spacial score (nSPS) is 26.2. The lowest BCUT2D eigenvalue weighted by molar-refractivity contribution is -0.118. The Bertz CT molecular complexity index is 574. The Balaban J connectivity index is 1.36. The lowest BCUT2D eigenvalue weighted by Gasteiger charge is -2.23. The van der Waals surface area contributed by atoms with Gasteiger partial charge in [0, 0.05) is 17.7 Å². The number of amides is 1. The largest absolute Gasteiger partial charge is 0.490 e. The van der Waals surface area contributed by atoms with Crippen LogP contribution in [0.5, 0.6) is 5.75 Å². The van der Waals surface area contributed by atoms with E-state index < -0.39 is 0 Å². The highest BCUT2D eigenvalue weighted by atomic mass is 16.5. The van der Waals surface area contributed by atoms with Gasteiger partial charge in [0.15, 0.2) is 0 Å². The maximum Gasteiger partial charge on any atom is 0.228 e. The zero-order chi connectivity index (χ0) is 15.7. The molecule has 4 heteroatoms. The summed E-state index contributed by atoms with van der Waals surface area (Å²) in [6.45, 7) is 2.10. The number of piperidine rings is 1. The summed E-state index contributed by atoms with van der Waals surface area (Å²) in [7, 11) is 0. The van der Waals surface area contributed by atoms with Crippen LogP contribution in [0.25, 0.3) is 0 Å². The van der Waals surface area contributed by atoms with Crippen LogP contribution in [0, 0.1) is 11.3 Å². The van der Waals surface area contributed by atoms with Crippen molar-refractivity contribution < 1.29 is 9.53 Å². The molecular formula is C19H26N2O2. The lowest BCUT2D eigenvalue weighted by atomic mass is 9.92. The van der Waals surface area contributed by atoms with E-state index >= 15 is 0 Å². The van der Waals surface area contributed by atoms with E-state index in [-0.39, 0.29) is 17.2 Å². The van der Waals surface area contributed by atoms with E-state index in [0.29, 0.717) is 6.10 Å². The van der Waals surface area contributed by atoms with Gasteiger partial charge < -0.3 is 15.4 Å². The summed E-state index contributed by atoms with van der Waals surface area (Å²) < 4.78 is 6.02. The first-order valence-electron chi connectivity index (χ1n) is 9.04. The van der Waals surface area contributed by atoms with Gasteiger partial charge in [-0.25, -0.2) is 0 Å². The first kappa shape index (κ1) is 15.0. The lowest BCUT2D eigenvalue weighted by Crippen LogP contribution is -2.31. The molecule has 4 rings (SSSR count). The van der Waals surface area contributed by atoms with Gasteiger partial charge in [0.2, 0.25) is 5.91 Å². The van der Waals surface area contributed by atoms with Gasteiger partial charge in [-0.15, -0.1) is 0 Å². The number of rotatable bonds is 4. The fourth-order valence-electron chi connectivity index (χ4n) is 4.27. The standard InChI is InChI=1S/C19H26N2O2/c22-18(17-13-19(17)8-10-20-11-9-19)21-14-4-3-7-16(12-14)23-15-5-1-2-6-15/h3-4,7,12,15,17,20H,1-2,5-6,8-11,13H2,(H,21,22). The van der Waals surface area contributed by atoms with Gasteiger partial charge in [-0.3, -0.25) is 4.79 Å². The summed E-state index contributed by atoms with van der Waals surface area (Å²) in [5.41, 5.74) is 1.15. The third-order valence-corrected chi connectivity index (χ3v) is 5.81. The Kier molecular flexibility index (Phi) is 4.02. The van der Waals surface area contributed by atoms with Crippen LogP contribution in [0.2, 0.25) is 0 Å². The first-order valence-corrected chi connectivity index (χ1v) is 9.04. The molecule has 1 aromatic carbocycles. The molecule has 1 atom stereocenters. The quantitative estimate of drug-likeness (QED) is 0.896. The van der Waals surface area contributed by atoms with Gasteiger partial charge >= 0.3 is 0 Å². The molecule has 1 spiro atoms. The van der Waals surface area contributed by atoms with E-state index in [1.807, 2.05) is 24.3 Å². The summed E-state index contributed by atoms with van der Waals surface area (Å²) in [5, 5.41) is 6.48. The zero-order valence-corrected chi connectivity index (χ0v) is 13.6. The van der Waals surface area contributed by atoms with Crippen molar-refractivity contribution in [3.8, 4) is 5.75 Å². The van der Waals surface area contributed by atoms with Crippen LogP contribution in [0.1, 0.15) is 44.9 Å². The smallest absolute Gasteiger partial charge is 0.228 e. The molecule has 1 unspecified atom stereocenters. The van der Waals surface area contributed by atoms with Crippen molar-refractivity contribution in [2.45, 2.75) is 51.0 Å². The number of carbonyl (C=O) groups excluding carboxylic acids is 1. The summed E-state index contributed by atoms with van der Waals surface area (Å²) in [4.78, 5) is 12.5. The zero-order valence-electron chi connectivity index (χ0n) is 13.6. The van der Waals surface area contributed by atoms with Crippen LogP contribution in [0.4, 0.5) is 5.69 Å². The second-order valence-corrected chi connectivity index (χ2v) is 7.41. The molecular weight excluding hydrogens is 288 g/mol. The van der Waals surface area contributed by atoms with E-state index in [1.54, 1.807) is 0 Å². The van der Waals surface area contributed by atoms with Crippen LogP contribution in [-0.4, -0.2) is 25.1 Å². The summed E-state index contributed by atoms with van der Waals surface area (Å²) in [5.74, 6) is 1.26. The molecule has 124 valence electrons. The molecule has 2 aliphatic carbocycles. The number of ether oxygens (including phenoxy) is 1. The third kappa shape index (κ3) is 3.23. The number of hydrogen-bond acceptors (Lipinski definition) is 3. The van der Waals surface area contributed by atoms with Gasteiger partial charge in [0.1, 0.15) is 5.75 Å². The maximum absolute atomic E-state index is 12.5.